The predicted octanol–water partition coefficient (Wildman–Crippen LogP) is 6.92. The van der Waals surface area contributed by atoms with Gasteiger partial charge < -0.3 is 0 Å². The molecule has 1 fully saturated rings. The minimum Gasteiger partial charge on any atom is -0.199 e. The molecule has 1 heteroatoms. The summed E-state index contributed by atoms with van der Waals surface area (Å²) in [7, 11) is 0. The first-order chi connectivity index (χ1) is 11.9. The second-order valence-corrected chi connectivity index (χ2v) is 8.21. The highest BCUT2D eigenvalue weighted by Gasteiger charge is 2.50. The molecule has 0 saturated heterocycles. The van der Waals surface area contributed by atoms with Crippen molar-refractivity contribution < 1.29 is 0 Å². The maximum absolute atomic E-state index is 7.32. The molecule has 1 nitrogen and oxygen atoms in total. The highest BCUT2D eigenvalue weighted by Crippen LogP contribution is 2.61. The molecule has 4 atom stereocenters. The summed E-state index contributed by atoms with van der Waals surface area (Å²) >= 11 is 0. The van der Waals surface area contributed by atoms with Gasteiger partial charge in [-0.2, -0.15) is 5.26 Å². The van der Waals surface area contributed by atoms with E-state index >= 15 is 0 Å². The van der Waals surface area contributed by atoms with E-state index in [1.54, 1.807) is 11.6 Å². The summed E-state index contributed by atoms with van der Waals surface area (Å²) < 4.78 is 0. The SMILES string of the molecule is C=C.C=C1C=C2C=CC3C(=CCC4(C)CCCC34)C2(C)CC1.CC#N. The molecule has 4 unspecified atom stereocenters. The Labute approximate surface area is 154 Å². The minimum atomic E-state index is 0.296. The van der Waals surface area contributed by atoms with Gasteiger partial charge >= 0.3 is 0 Å². The summed E-state index contributed by atoms with van der Waals surface area (Å²) in [6.45, 7) is 16.6. The number of hydrogen-bond donors (Lipinski definition) is 0. The average Bonchev–Trinajstić information content (AvgIpc) is 3.00. The third-order valence-electron chi connectivity index (χ3n) is 6.80. The molecule has 0 aromatic carbocycles. The lowest BCUT2D eigenvalue weighted by Crippen LogP contribution is -2.40. The molecule has 0 spiro atoms. The zero-order chi connectivity index (χ0) is 18.7. The molecule has 0 aromatic rings. The molecule has 134 valence electrons. The van der Waals surface area contributed by atoms with Gasteiger partial charge in [-0.05, 0) is 49.0 Å². The molecule has 0 bridgehead atoms. The molecule has 0 amide bonds. The van der Waals surface area contributed by atoms with Gasteiger partial charge in [0.2, 0.25) is 0 Å². The number of fused-ring (bicyclic) bond motifs is 5. The van der Waals surface area contributed by atoms with E-state index in [1.807, 2.05) is 0 Å². The van der Waals surface area contributed by atoms with Crippen molar-refractivity contribution in [2.45, 2.75) is 59.3 Å². The van der Waals surface area contributed by atoms with Crippen molar-refractivity contribution in [3.63, 3.8) is 0 Å². The smallest absolute Gasteiger partial charge is 0.0587 e. The Balaban J connectivity index is 0.000000410. The van der Waals surface area contributed by atoms with E-state index in [0.29, 0.717) is 16.7 Å². The van der Waals surface area contributed by atoms with E-state index in [1.165, 1.54) is 56.6 Å². The Hall–Kier alpha value is -1.81. The number of allylic oxidation sites excluding steroid dienone is 7. The molecule has 0 N–H and O–H groups in total. The Morgan fingerprint density at radius 1 is 1.24 bits per heavy atom. The molecule has 4 rings (SSSR count). The summed E-state index contributed by atoms with van der Waals surface area (Å²) in [5.74, 6) is 1.60. The van der Waals surface area contributed by atoms with Crippen LogP contribution in [0.4, 0.5) is 0 Å². The molecule has 4 aliphatic rings. The fraction of sp³-hybridized carbons (Fsp3) is 0.542. The van der Waals surface area contributed by atoms with Gasteiger partial charge in [-0.3, -0.25) is 0 Å². The van der Waals surface area contributed by atoms with E-state index in [0.717, 1.165) is 5.92 Å². The zero-order valence-corrected chi connectivity index (χ0v) is 16.3. The molecular weight excluding hydrogens is 302 g/mol. The highest BCUT2D eigenvalue weighted by atomic mass is 14.5. The van der Waals surface area contributed by atoms with Crippen molar-refractivity contribution in [1.82, 2.24) is 0 Å². The molecular formula is C24H33N. The second kappa shape index (κ2) is 7.61. The lowest BCUT2D eigenvalue weighted by Gasteiger charge is -2.50. The molecule has 4 aliphatic carbocycles. The van der Waals surface area contributed by atoms with E-state index in [9.17, 15) is 0 Å². The molecule has 0 aliphatic heterocycles. The lowest BCUT2D eigenvalue weighted by molar-refractivity contribution is 0.162. The van der Waals surface area contributed by atoms with Crippen LogP contribution in [0.5, 0.6) is 0 Å². The van der Waals surface area contributed by atoms with Gasteiger partial charge in [-0.15, -0.1) is 13.2 Å². The summed E-state index contributed by atoms with van der Waals surface area (Å²) in [6, 6.07) is 1.75. The van der Waals surface area contributed by atoms with Gasteiger partial charge in [0.1, 0.15) is 0 Å². The van der Waals surface area contributed by atoms with Crippen LogP contribution in [0.25, 0.3) is 0 Å². The first-order valence-electron chi connectivity index (χ1n) is 9.54. The van der Waals surface area contributed by atoms with Crippen molar-refractivity contribution in [1.29, 1.82) is 5.26 Å². The Bertz CT molecular complexity index is 656. The van der Waals surface area contributed by atoms with Gasteiger partial charge in [0.25, 0.3) is 0 Å². The third kappa shape index (κ3) is 3.32. The van der Waals surface area contributed by atoms with Gasteiger partial charge in [0.15, 0.2) is 0 Å². The second-order valence-electron chi connectivity index (χ2n) is 8.21. The molecule has 1 saturated carbocycles. The summed E-state index contributed by atoms with van der Waals surface area (Å²) in [4.78, 5) is 0. The summed E-state index contributed by atoms with van der Waals surface area (Å²) in [5.41, 5.74) is 5.43. The first kappa shape index (κ1) is 19.5. The normalized spacial score (nSPS) is 37.4. The maximum atomic E-state index is 7.32. The van der Waals surface area contributed by atoms with Crippen LogP contribution < -0.4 is 0 Å². The van der Waals surface area contributed by atoms with Crippen LogP contribution in [0.2, 0.25) is 0 Å². The Morgan fingerprint density at radius 2 is 1.92 bits per heavy atom. The van der Waals surface area contributed by atoms with E-state index < -0.39 is 0 Å². The van der Waals surface area contributed by atoms with Crippen molar-refractivity contribution in [3.05, 3.63) is 60.8 Å². The minimum absolute atomic E-state index is 0.296. The van der Waals surface area contributed by atoms with Crippen molar-refractivity contribution in [2.75, 3.05) is 0 Å². The third-order valence-corrected chi connectivity index (χ3v) is 6.80. The number of rotatable bonds is 0. The van der Waals surface area contributed by atoms with Crippen LogP contribution in [0.3, 0.4) is 0 Å². The lowest BCUT2D eigenvalue weighted by atomic mass is 9.54. The number of hydrogen-bond acceptors (Lipinski definition) is 1. The van der Waals surface area contributed by atoms with Crippen molar-refractivity contribution in [3.8, 4) is 6.07 Å². The maximum Gasteiger partial charge on any atom is 0.0587 e. The average molecular weight is 336 g/mol. The molecule has 0 radical (unpaired) electrons. The predicted molar refractivity (Wildman–Crippen MR) is 108 cm³/mol. The summed E-state index contributed by atoms with van der Waals surface area (Å²) in [6.07, 6.45) is 17.9. The fourth-order valence-electron chi connectivity index (χ4n) is 5.41. The topological polar surface area (TPSA) is 23.8 Å². The summed E-state index contributed by atoms with van der Waals surface area (Å²) in [5, 5.41) is 7.32. The van der Waals surface area contributed by atoms with E-state index in [2.05, 4.69) is 57.9 Å². The fourth-order valence-corrected chi connectivity index (χ4v) is 5.41. The Kier molecular flexibility index (Phi) is 5.94. The number of nitrogens with zero attached hydrogens (tertiary/aromatic N) is 1. The molecule has 0 aromatic heterocycles. The van der Waals surface area contributed by atoms with Gasteiger partial charge in [0.05, 0.1) is 6.07 Å². The first-order valence-corrected chi connectivity index (χ1v) is 9.54. The monoisotopic (exact) mass is 335 g/mol. The van der Waals surface area contributed by atoms with Gasteiger partial charge in [0, 0.05) is 18.3 Å². The Morgan fingerprint density at radius 3 is 2.60 bits per heavy atom. The van der Waals surface area contributed by atoms with Crippen molar-refractivity contribution >= 4 is 0 Å². The van der Waals surface area contributed by atoms with Crippen LogP contribution in [0.1, 0.15) is 59.3 Å². The quantitative estimate of drug-likeness (QED) is 0.440. The van der Waals surface area contributed by atoms with Crippen LogP contribution in [-0.4, -0.2) is 0 Å². The van der Waals surface area contributed by atoms with Crippen molar-refractivity contribution in [2.24, 2.45) is 22.7 Å². The van der Waals surface area contributed by atoms with Gasteiger partial charge in [-0.1, -0.05) is 62.3 Å². The largest absolute Gasteiger partial charge is 0.199 e. The van der Waals surface area contributed by atoms with Crippen LogP contribution in [0.15, 0.2) is 60.8 Å². The van der Waals surface area contributed by atoms with Gasteiger partial charge in [-0.25, -0.2) is 0 Å². The number of nitriles is 1. The van der Waals surface area contributed by atoms with Crippen LogP contribution in [0, 0.1) is 34.0 Å². The zero-order valence-electron chi connectivity index (χ0n) is 16.3. The standard InChI is InChI=1S/C20H26.C2H3N.C2H4/c1-14-8-12-20(3)15(13-14)6-7-16-17-5-4-10-19(17,2)11-9-18(16)20;1-2-3;1-2/h6-7,9,13,16-17H,1,4-5,8,10-12H2,2-3H3;1H3;1-2H2. The highest BCUT2D eigenvalue weighted by molar-refractivity contribution is 5.49. The van der Waals surface area contributed by atoms with E-state index in [-0.39, 0.29) is 0 Å². The molecule has 0 heterocycles. The van der Waals surface area contributed by atoms with Crippen LogP contribution in [-0.2, 0) is 0 Å². The van der Waals surface area contributed by atoms with E-state index in [4.69, 9.17) is 5.26 Å². The van der Waals surface area contributed by atoms with Crippen LogP contribution >= 0.6 is 0 Å². The molecule has 25 heavy (non-hydrogen) atoms.